The van der Waals surface area contributed by atoms with E-state index >= 15 is 0 Å². The van der Waals surface area contributed by atoms with E-state index in [1.807, 2.05) is 30.5 Å². The fourth-order valence-corrected chi connectivity index (χ4v) is 4.55. The van der Waals surface area contributed by atoms with Crippen LogP contribution in [0, 0.1) is 11.3 Å². The highest BCUT2D eigenvalue weighted by Gasteiger charge is 2.30. The van der Waals surface area contributed by atoms with Gasteiger partial charge < -0.3 is 9.47 Å². The molecule has 0 spiro atoms. The third kappa shape index (κ3) is 4.88. The number of anilines is 1. The monoisotopic (exact) mass is 453 g/mol. The van der Waals surface area contributed by atoms with Crippen molar-refractivity contribution in [2.75, 3.05) is 31.1 Å². The molecule has 0 amide bonds. The van der Waals surface area contributed by atoms with E-state index in [4.69, 9.17) is 23.2 Å². The van der Waals surface area contributed by atoms with Gasteiger partial charge in [-0.1, -0.05) is 42.3 Å². The Morgan fingerprint density at radius 2 is 1.84 bits per heavy atom. The minimum atomic E-state index is 0.118. The van der Waals surface area contributed by atoms with Crippen LogP contribution in [0.2, 0.25) is 10.0 Å². The first-order valence-corrected chi connectivity index (χ1v) is 11.3. The Balaban J connectivity index is 1.58. The molecule has 160 valence electrons. The first kappa shape index (κ1) is 21.7. The highest BCUT2D eigenvalue weighted by atomic mass is 35.5. The van der Waals surface area contributed by atoms with Gasteiger partial charge >= 0.3 is 0 Å². The van der Waals surface area contributed by atoms with Gasteiger partial charge in [0.05, 0.1) is 17.3 Å². The van der Waals surface area contributed by atoms with Crippen molar-refractivity contribution in [1.82, 2.24) is 14.5 Å². The molecule has 2 heterocycles. The largest absolute Gasteiger partial charge is 0.361 e. The summed E-state index contributed by atoms with van der Waals surface area (Å²) in [5, 5.41) is 11.0. The van der Waals surface area contributed by atoms with Crippen LogP contribution in [0.4, 0.5) is 5.69 Å². The van der Waals surface area contributed by atoms with Crippen LogP contribution in [0.15, 0.2) is 54.9 Å². The van der Waals surface area contributed by atoms with Gasteiger partial charge in [-0.25, -0.2) is 4.98 Å². The summed E-state index contributed by atoms with van der Waals surface area (Å²) in [5.74, 6) is 1.12. The van der Waals surface area contributed by atoms with Crippen molar-refractivity contribution >= 4 is 28.9 Å². The SMILES string of the molecule is CCc1nccn1CCN1CCN(c2ccc(Cl)cc2C#N)C(c2ccc(Cl)cc2)C1. The van der Waals surface area contributed by atoms with E-state index in [0.717, 1.165) is 55.7 Å². The van der Waals surface area contributed by atoms with Crippen LogP contribution in [0.1, 0.15) is 29.9 Å². The molecule has 5 nitrogen and oxygen atoms in total. The smallest absolute Gasteiger partial charge is 0.108 e. The van der Waals surface area contributed by atoms with Crippen LogP contribution < -0.4 is 4.90 Å². The maximum Gasteiger partial charge on any atom is 0.108 e. The van der Waals surface area contributed by atoms with E-state index in [0.29, 0.717) is 10.6 Å². The average Bonchev–Trinajstić information content (AvgIpc) is 3.26. The fourth-order valence-electron chi connectivity index (χ4n) is 4.26. The molecule has 0 N–H and O–H groups in total. The van der Waals surface area contributed by atoms with Crippen LogP contribution in [-0.2, 0) is 13.0 Å². The molecule has 0 radical (unpaired) electrons. The maximum atomic E-state index is 9.69. The lowest BCUT2D eigenvalue weighted by molar-refractivity contribution is 0.215. The lowest BCUT2D eigenvalue weighted by Crippen LogP contribution is -2.49. The number of nitrogens with zero attached hydrogens (tertiary/aromatic N) is 5. The number of rotatable bonds is 6. The van der Waals surface area contributed by atoms with E-state index in [2.05, 4.69) is 50.7 Å². The Morgan fingerprint density at radius 1 is 1.06 bits per heavy atom. The number of hydrogen-bond donors (Lipinski definition) is 0. The Morgan fingerprint density at radius 3 is 2.58 bits per heavy atom. The second-order valence-electron chi connectivity index (χ2n) is 7.73. The quantitative estimate of drug-likeness (QED) is 0.515. The zero-order valence-corrected chi connectivity index (χ0v) is 19.0. The van der Waals surface area contributed by atoms with Gasteiger partial charge in [-0.05, 0) is 35.9 Å². The fraction of sp³-hybridized carbons (Fsp3) is 0.333. The summed E-state index contributed by atoms with van der Waals surface area (Å²) in [4.78, 5) is 9.24. The van der Waals surface area contributed by atoms with E-state index in [1.165, 1.54) is 5.56 Å². The van der Waals surface area contributed by atoms with Gasteiger partial charge in [0.15, 0.2) is 0 Å². The predicted octanol–water partition coefficient (Wildman–Crippen LogP) is 5.19. The summed E-state index contributed by atoms with van der Waals surface area (Å²) in [6.45, 7) is 6.62. The van der Waals surface area contributed by atoms with Crippen molar-refractivity contribution in [2.24, 2.45) is 0 Å². The highest BCUT2D eigenvalue weighted by molar-refractivity contribution is 6.31. The molecule has 1 atom stereocenters. The molecule has 1 aliphatic rings. The number of hydrogen-bond acceptors (Lipinski definition) is 4. The number of aromatic nitrogens is 2. The third-order valence-electron chi connectivity index (χ3n) is 5.88. The summed E-state index contributed by atoms with van der Waals surface area (Å²) in [7, 11) is 0. The number of benzene rings is 2. The van der Waals surface area contributed by atoms with Crippen molar-refractivity contribution in [3.8, 4) is 6.07 Å². The number of nitriles is 1. The van der Waals surface area contributed by atoms with Gasteiger partial charge in [0.1, 0.15) is 11.9 Å². The van der Waals surface area contributed by atoms with Gasteiger partial charge in [0.2, 0.25) is 0 Å². The number of imidazole rings is 1. The minimum absolute atomic E-state index is 0.118. The zero-order chi connectivity index (χ0) is 21.8. The molecule has 3 aromatic rings. The molecule has 4 rings (SSSR count). The first-order chi connectivity index (χ1) is 15.1. The lowest BCUT2D eigenvalue weighted by atomic mass is 10.00. The number of halogens is 2. The van der Waals surface area contributed by atoms with E-state index in [-0.39, 0.29) is 6.04 Å². The standard InChI is InChI=1S/C24H25Cl2N5/c1-2-24-28-9-10-30(24)13-11-29-12-14-31(22-8-7-21(26)15-19(22)16-27)23(17-29)18-3-5-20(25)6-4-18/h3-10,15,23H,2,11-14,17H2,1H3. The first-order valence-electron chi connectivity index (χ1n) is 10.5. The van der Waals surface area contributed by atoms with Gasteiger partial charge in [-0.2, -0.15) is 5.26 Å². The molecule has 1 fully saturated rings. The minimum Gasteiger partial charge on any atom is -0.361 e. The molecule has 7 heteroatoms. The molecule has 1 aromatic heterocycles. The lowest BCUT2D eigenvalue weighted by Gasteiger charge is -2.43. The second kappa shape index (κ2) is 9.74. The molecule has 0 aliphatic carbocycles. The average molecular weight is 454 g/mol. The number of aryl methyl sites for hydroxylation is 1. The van der Waals surface area contributed by atoms with E-state index in [1.54, 1.807) is 6.07 Å². The molecule has 2 aromatic carbocycles. The predicted molar refractivity (Wildman–Crippen MR) is 126 cm³/mol. The highest BCUT2D eigenvalue weighted by Crippen LogP contribution is 2.34. The van der Waals surface area contributed by atoms with E-state index in [9.17, 15) is 5.26 Å². The Hall–Kier alpha value is -2.52. The van der Waals surface area contributed by atoms with Gasteiger partial charge in [0, 0.05) is 61.6 Å². The van der Waals surface area contributed by atoms with Crippen molar-refractivity contribution in [3.05, 3.63) is 81.9 Å². The Kier molecular flexibility index (Phi) is 6.82. The summed E-state index contributed by atoms with van der Waals surface area (Å²) < 4.78 is 2.23. The second-order valence-corrected chi connectivity index (χ2v) is 8.60. The zero-order valence-electron chi connectivity index (χ0n) is 17.5. The van der Waals surface area contributed by atoms with E-state index < -0.39 is 0 Å². The molecule has 31 heavy (non-hydrogen) atoms. The summed E-state index contributed by atoms with van der Waals surface area (Å²) in [6.07, 6.45) is 4.86. The van der Waals surface area contributed by atoms with Crippen molar-refractivity contribution < 1.29 is 0 Å². The molecule has 0 bridgehead atoms. The van der Waals surface area contributed by atoms with Crippen LogP contribution in [0.25, 0.3) is 0 Å². The van der Waals surface area contributed by atoms with Crippen LogP contribution >= 0.6 is 23.2 Å². The molecular formula is C24H25Cl2N5. The van der Waals surface area contributed by atoms with Crippen molar-refractivity contribution in [1.29, 1.82) is 5.26 Å². The van der Waals surface area contributed by atoms with Crippen LogP contribution in [0.3, 0.4) is 0 Å². The molecule has 1 saturated heterocycles. The molecule has 1 unspecified atom stereocenters. The Labute approximate surface area is 193 Å². The summed E-state index contributed by atoms with van der Waals surface area (Å²) in [5.41, 5.74) is 2.71. The molecule has 0 saturated carbocycles. The summed E-state index contributed by atoms with van der Waals surface area (Å²) in [6, 6.07) is 16.0. The van der Waals surface area contributed by atoms with Crippen molar-refractivity contribution in [3.63, 3.8) is 0 Å². The van der Waals surface area contributed by atoms with Gasteiger partial charge in [0.25, 0.3) is 0 Å². The Bertz CT molecular complexity index is 1070. The maximum absolute atomic E-state index is 9.69. The summed E-state index contributed by atoms with van der Waals surface area (Å²) >= 11 is 12.3. The normalized spacial score (nSPS) is 17.0. The molecule has 1 aliphatic heterocycles. The van der Waals surface area contributed by atoms with Crippen LogP contribution in [-0.4, -0.2) is 40.6 Å². The third-order valence-corrected chi connectivity index (χ3v) is 6.37. The molecular weight excluding hydrogens is 429 g/mol. The topological polar surface area (TPSA) is 48.1 Å². The van der Waals surface area contributed by atoms with Gasteiger partial charge in [-0.3, -0.25) is 4.90 Å². The number of piperazine rings is 1. The van der Waals surface area contributed by atoms with Gasteiger partial charge in [-0.15, -0.1) is 0 Å². The van der Waals surface area contributed by atoms with Crippen molar-refractivity contribution in [2.45, 2.75) is 25.9 Å². The van der Waals surface area contributed by atoms with Crippen LogP contribution in [0.5, 0.6) is 0 Å².